The van der Waals surface area contributed by atoms with Crippen LogP contribution in [0, 0.1) is 17.8 Å². The largest absolute Gasteiger partial charge is 0.755 e. The summed E-state index contributed by atoms with van der Waals surface area (Å²) in [6.45, 7) is 12.5. The Morgan fingerprint density at radius 2 is 1.55 bits per heavy atom. The third-order valence-electron chi connectivity index (χ3n) is 4.68. The number of likely N-dealkylation sites (N-methyl/N-ethyl adjacent to an activating group) is 1. The van der Waals surface area contributed by atoms with Crippen LogP contribution >= 0.6 is 0 Å². The molecule has 4 unspecified atom stereocenters. The molecule has 0 aliphatic heterocycles. The first-order valence-electron chi connectivity index (χ1n) is 9.61. The fourth-order valence-electron chi connectivity index (χ4n) is 2.67. The monoisotopic (exact) mass is 431 g/mol. The summed E-state index contributed by atoms with van der Waals surface area (Å²) in [6.07, 6.45) is 1.55. The van der Waals surface area contributed by atoms with Crippen LogP contribution in [0.25, 0.3) is 0 Å². The highest BCUT2D eigenvalue weighted by atomic mass is 32.2. The van der Waals surface area contributed by atoms with Gasteiger partial charge in [0.15, 0.2) is 0 Å². The quantitative estimate of drug-likeness (QED) is 0.338. The molecule has 29 heavy (non-hydrogen) atoms. The van der Waals surface area contributed by atoms with E-state index in [-0.39, 0.29) is 29.2 Å². The van der Waals surface area contributed by atoms with Crippen molar-refractivity contribution in [2.45, 2.75) is 66.6 Å². The summed E-state index contributed by atoms with van der Waals surface area (Å²) in [6, 6.07) is -1.99. The Morgan fingerprint density at radius 1 is 1.03 bits per heavy atom. The van der Waals surface area contributed by atoms with Crippen molar-refractivity contribution in [3.8, 4) is 0 Å². The average Bonchev–Trinajstić information content (AvgIpc) is 2.60. The molecule has 0 heterocycles. The molecular weight excluding hydrogens is 396 g/mol. The van der Waals surface area contributed by atoms with E-state index in [1.54, 1.807) is 17.8 Å². The van der Waals surface area contributed by atoms with E-state index >= 15 is 0 Å². The number of amides is 3. The Bertz CT molecular complexity index is 649. The van der Waals surface area contributed by atoms with Crippen molar-refractivity contribution in [1.29, 1.82) is 0 Å². The lowest BCUT2D eigenvalue weighted by Gasteiger charge is -2.34. The minimum atomic E-state index is -2.72. The molecule has 3 amide bonds. The molecule has 0 radical (unpaired) electrons. The lowest BCUT2D eigenvalue weighted by Crippen LogP contribution is -2.56. The van der Waals surface area contributed by atoms with Gasteiger partial charge in [-0.15, -0.1) is 0 Å². The summed E-state index contributed by atoms with van der Waals surface area (Å²) in [5.41, 5.74) is 6.06. The van der Waals surface area contributed by atoms with Crippen LogP contribution in [0.2, 0.25) is 0 Å². The van der Waals surface area contributed by atoms with Gasteiger partial charge in [0.25, 0.3) is 5.91 Å². The summed E-state index contributed by atoms with van der Waals surface area (Å²) in [5.74, 6) is -1.80. The fourth-order valence-corrected chi connectivity index (χ4v) is 2.98. The zero-order valence-electron chi connectivity index (χ0n) is 18.5. The summed E-state index contributed by atoms with van der Waals surface area (Å²) in [7, 11) is 1.59. The third-order valence-corrected chi connectivity index (χ3v) is 5.04. The maximum atomic E-state index is 13.1. The molecule has 0 fully saturated rings. The van der Waals surface area contributed by atoms with Crippen LogP contribution in [0.1, 0.15) is 48.5 Å². The van der Waals surface area contributed by atoms with Gasteiger partial charge in [0.2, 0.25) is 11.8 Å². The van der Waals surface area contributed by atoms with Crippen LogP contribution in [0.5, 0.6) is 0 Å². The van der Waals surface area contributed by atoms with E-state index in [1.165, 1.54) is 11.8 Å². The molecule has 0 aliphatic rings. The molecule has 0 spiro atoms. The summed E-state index contributed by atoms with van der Waals surface area (Å²) < 4.78 is 23.1. The van der Waals surface area contributed by atoms with Gasteiger partial charge in [0.1, 0.15) is 6.04 Å². The fraction of sp³-hybridized carbons (Fsp3) is 0.737. The number of carbonyl (C=O) groups excluding carboxylic acids is 3. The van der Waals surface area contributed by atoms with Gasteiger partial charge in [-0.1, -0.05) is 47.6 Å². The van der Waals surface area contributed by atoms with Gasteiger partial charge >= 0.3 is 0 Å². The number of nitrogens with zero attached hydrogens (tertiary/aromatic N) is 1. The van der Waals surface area contributed by atoms with Crippen LogP contribution in [0.4, 0.5) is 0 Å². The van der Waals surface area contributed by atoms with Crippen molar-refractivity contribution >= 4 is 29.0 Å². The molecule has 9 nitrogen and oxygen atoms in total. The number of rotatable bonds is 10. The number of hydrogen-bond acceptors (Lipinski definition) is 6. The topological polar surface area (TPSA) is 145 Å². The highest BCUT2D eigenvalue weighted by Gasteiger charge is 2.32. The maximum absolute atomic E-state index is 13.1. The van der Waals surface area contributed by atoms with Crippen LogP contribution in [0.15, 0.2) is 11.6 Å². The predicted molar refractivity (Wildman–Crippen MR) is 112 cm³/mol. The van der Waals surface area contributed by atoms with Gasteiger partial charge < -0.3 is 20.5 Å². The van der Waals surface area contributed by atoms with Crippen LogP contribution in [0.3, 0.4) is 0 Å². The van der Waals surface area contributed by atoms with Crippen molar-refractivity contribution in [1.82, 2.24) is 14.9 Å². The Kier molecular flexibility index (Phi) is 11.3. The van der Waals surface area contributed by atoms with E-state index in [0.29, 0.717) is 0 Å². The second-order valence-electron chi connectivity index (χ2n) is 8.20. The van der Waals surface area contributed by atoms with Gasteiger partial charge in [-0.25, -0.2) is 0 Å². The molecule has 10 heteroatoms. The van der Waals surface area contributed by atoms with Crippen molar-refractivity contribution in [3.05, 3.63) is 11.6 Å². The van der Waals surface area contributed by atoms with Gasteiger partial charge in [-0.2, -0.15) is 0 Å². The molecule has 4 N–H and O–H groups in total. The molecule has 0 aromatic heterocycles. The molecule has 0 saturated heterocycles. The van der Waals surface area contributed by atoms with Crippen LogP contribution in [-0.4, -0.2) is 56.6 Å². The van der Waals surface area contributed by atoms with Crippen LogP contribution < -0.4 is 15.8 Å². The average molecular weight is 432 g/mol. The summed E-state index contributed by atoms with van der Waals surface area (Å²) in [5, 5.41) is 2.74. The molecule has 0 saturated carbocycles. The minimum absolute atomic E-state index is 0.0640. The minimum Gasteiger partial charge on any atom is -0.755 e. The number of hydrogen-bond donors (Lipinski definition) is 3. The van der Waals surface area contributed by atoms with Crippen molar-refractivity contribution < 1.29 is 23.1 Å². The van der Waals surface area contributed by atoms with Gasteiger partial charge in [-0.05, 0) is 24.7 Å². The zero-order chi connectivity index (χ0) is 23.0. The molecule has 0 rings (SSSR count). The van der Waals surface area contributed by atoms with Gasteiger partial charge in [0, 0.05) is 23.9 Å². The summed E-state index contributed by atoms with van der Waals surface area (Å²) >= 11 is -2.72. The summed E-state index contributed by atoms with van der Waals surface area (Å²) in [4.78, 5) is 38.8. The lowest BCUT2D eigenvalue weighted by atomic mass is 9.96. The first-order valence-corrected chi connectivity index (χ1v) is 10.7. The Balaban J connectivity index is 5.62. The maximum Gasteiger partial charge on any atom is 0.257 e. The highest BCUT2D eigenvalue weighted by Crippen LogP contribution is 2.17. The SMILES string of the molecule is C/C(=C\C(C(C)C)N(C)C(=O)C(NC(=O)C(N)C(C)C)C(C)C)C(=O)NS(=O)[O-]. The Morgan fingerprint density at radius 3 is 1.93 bits per heavy atom. The molecular formula is C19H35N4O5S-. The third kappa shape index (κ3) is 8.63. The number of nitrogens with one attached hydrogen (secondary N) is 2. The molecule has 0 aromatic carbocycles. The smallest absolute Gasteiger partial charge is 0.257 e. The van der Waals surface area contributed by atoms with E-state index in [0.717, 1.165) is 0 Å². The van der Waals surface area contributed by atoms with Gasteiger partial charge in [0.05, 0.1) is 12.1 Å². The van der Waals surface area contributed by atoms with E-state index < -0.39 is 41.2 Å². The normalized spacial score (nSPS) is 16.4. The Labute approximate surface area is 176 Å². The van der Waals surface area contributed by atoms with Gasteiger partial charge in [-0.3, -0.25) is 23.3 Å². The second-order valence-corrected chi connectivity index (χ2v) is 8.87. The second kappa shape index (κ2) is 12.0. The van der Waals surface area contributed by atoms with Crippen molar-refractivity contribution in [3.63, 3.8) is 0 Å². The van der Waals surface area contributed by atoms with E-state index in [9.17, 15) is 23.1 Å². The van der Waals surface area contributed by atoms with E-state index in [2.05, 4.69) is 5.32 Å². The van der Waals surface area contributed by atoms with Crippen molar-refractivity contribution in [2.75, 3.05) is 7.05 Å². The van der Waals surface area contributed by atoms with Crippen LogP contribution in [-0.2, 0) is 25.7 Å². The predicted octanol–water partition coefficient (Wildman–Crippen LogP) is 0.450. The van der Waals surface area contributed by atoms with Crippen molar-refractivity contribution in [2.24, 2.45) is 23.5 Å². The van der Waals surface area contributed by atoms with E-state index in [4.69, 9.17) is 5.73 Å². The Hall–Kier alpha value is -1.78. The molecule has 4 atom stereocenters. The standard InChI is InChI=1S/C19H36N4O5S/c1-10(2)14(9-13(7)17(24)22-29(27)28)23(8)19(26)16(12(5)6)21-18(25)15(20)11(3)4/h9-12,14-16H,20H2,1-8H3,(H,21,25)(H,22,24)(H,27,28)/p-1/b13-9+. The lowest BCUT2D eigenvalue weighted by molar-refractivity contribution is -0.138. The zero-order valence-corrected chi connectivity index (χ0v) is 19.3. The first kappa shape index (κ1) is 27.2. The molecule has 0 aliphatic carbocycles. The number of nitrogens with two attached hydrogens (primary N) is 1. The molecule has 0 bridgehead atoms. The molecule has 168 valence electrons. The number of carbonyl (C=O) groups is 3. The molecule has 0 aromatic rings. The highest BCUT2D eigenvalue weighted by molar-refractivity contribution is 7.77. The van der Waals surface area contributed by atoms with E-state index in [1.807, 2.05) is 41.5 Å². The first-order chi connectivity index (χ1) is 13.2.